The predicted molar refractivity (Wildman–Crippen MR) is 76.6 cm³/mol. The molecule has 0 fully saturated rings. The zero-order chi connectivity index (χ0) is 13.1. The van der Waals surface area contributed by atoms with Gasteiger partial charge in [0, 0.05) is 6.42 Å². The Balaban J connectivity index is 2.66. The highest BCUT2D eigenvalue weighted by Gasteiger charge is 2.13. The van der Waals surface area contributed by atoms with Gasteiger partial charge in [0.05, 0.1) is 4.99 Å². The van der Waals surface area contributed by atoms with Gasteiger partial charge in [0.25, 0.3) is 0 Å². The zero-order valence-corrected chi connectivity index (χ0v) is 11.8. The highest BCUT2D eigenvalue weighted by atomic mass is 32.1. The van der Waals surface area contributed by atoms with Crippen LogP contribution in [0.4, 0.5) is 0 Å². The van der Waals surface area contributed by atoms with Crippen LogP contribution >= 0.6 is 12.2 Å². The first-order valence-corrected chi connectivity index (χ1v) is 6.25. The van der Waals surface area contributed by atoms with Gasteiger partial charge in [-0.1, -0.05) is 45.1 Å². The molecule has 1 aromatic rings. The molecule has 17 heavy (non-hydrogen) atoms. The fourth-order valence-corrected chi connectivity index (χ4v) is 1.83. The van der Waals surface area contributed by atoms with E-state index in [4.69, 9.17) is 22.7 Å². The molecule has 2 N–H and O–H groups in total. The van der Waals surface area contributed by atoms with Crippen molar-refractivity contribution in [3.63, 3.8) is 0 Å². The van der Waals surface area contributed by atoms with Crippen LogP contribution in [0, 0.1) is 0 Å². The van der Waals surface area contributed by atoms with Crippen LogP contribution in [-0.2, 0) is 5.41 Å². The van der Waals surface area contributed by atoms with E-state index in [-0.39, 0.29) is 11.5 Å². The van der Waals surface area contributed by atoms with Gasteiger partial charge in [0.1, 0.15) is 11.9 Å². The monoisotopic (exact) mass is 251 g/mol. The van der Waals surface area contributed by atoms with Gasteiger partial charge in [0.2, 0.25) is 0 Å². The number of nitrogens with two attached hydrogens (primary N) is 1. The van der Waals surface area contributed by atoms with Crippen molar-refractivity contribution in [1.82, 2.24) is 0 Å². The van der Waals surface area contributed by atoms with E-state index in [1.165, 1.54) is 5.56 Å². The number of hydrogen-bond acceptors (Lipinski definition) is 2. The van der Waals surface area contributed by atoms with Gasteiger partial charge in [-0.25, -0.2) is 0 Å². The van der Waals surface area contributed by atoms with E-state index in [1.807, 2.05) is 19.1 Å². The Bertz CT molecular complexity index is 378. The molecular formula is C14H21NOS. The Morgan fingerprint density at radius 1 is 1.29 bits per heavy atom. The predicted octanol–water partition coefficient (Wildman–Crippen LogP) is 3.43. The SMILES string of the molecule is CC(CC(N)=S)Oc1ccc(C(C)(C)C)cc1. The molecule has 0 saturated heterocycles. The third-order valence-electron chi connectivity index (χ3n) is 2.55. The Labute approximate surface area is 109 Å². The summed E-state index contributed by atoms with van der Waals surface area (Å²) < 4.78 is 5.73. The molecule has 94 valence electrons. The quantitative estimate of drug-likeness (QED) is 0.833. The van der Waals surface area contributed by atoms with Crippen LogP contribution in [0.5, 0.6) is 5.75 Å². The molecule has 0 saturated carbocycles. The van der Waals surface area contributed by atoms with Crippen molar-refractivity contribution >= 4 is 17.2 Å². The molecule has 0 aliphatic carbocycles. The van der Waals surface area contributed by atoms with Gasteiger partial charge in [-0.3, -0.25) is 0 Å². The average Bonchev–Trinajstić information content (AvgIpc) is 2.15. The summed E-state index contributed by atoms with van der Waals surface area (Å²) in [4.78, 5) is 0.490. The lowest BCUT2D eigenvalue weighted by molar-refractivity contribution is 0.230. The number of hydrogen-bond donors (Lipinski definition) is 1. The van der Waals surface area contributed by atoms with Crippen molar-refractivity contribution in [2.24, 2.45) is 5.73 Å². The molecule has 1 unspecified atom stereocenters. The minimum absolute atomic E-state index is 0.0213. The second-order valence-electron chi connectivity index (χ2n) is 5.37. The molecule has 0 bridgehead atoms. The third kappa shape index (κ3) is 4.73. The summed E-state index contributed by atoms with van der Waals surface area (Å²) in [5.74, 6) is 0.863. The summed E-state index contributed by atoms with van der Waals surface area (Å²) in [7, 11) is 0. The Hall–Kier alpha value is -1.09. The summed E-state index contributed by atoms with van der Waals surface area (Å²) in [6, 6.07) is 8.19. The summed E-state index contributed by atoms with van der Waals surface area (Å²) in [6.07, 6.45) is 0.629. The summed E-state index contributed by atoms with van der Waals surface area (Å²) in [5, 5.41) is 0. The Morgan fingerprint density at radius 3 is 2.24 bits per heavy atom. The van der Waals surface area contributed by atoms with Gasteiger partial charge in [0.15, 0.2) is 0 Å². The second-order valence-corrected chi connectivity index (χ2v) is 5.90. The number of benzene rings is 1. The van der Waals surface area contributed by atoms with Crippen molar-refractivity contribution in [3.8, 4) is 5.75 Å². The lowest BCUT2D eigenvalue weighted by atomic mass is 9.87. The van der Waals surface area contributed by atoms with Gasteiger partial charge in [-0.2, -0.15) is 0 Å². The van der Waals surface area contributed by atoms with Crippen molar-refractivity contribution < 1.29 is 4.74 Å². The maximum absolute atomic E-state index is 5.73. The molecule has 1 atom stereocenters. The summed E-state index contributed by atoms with van der Waals surface area (Å²) in [6.45, 7) is 8.55. The summed E-state index contributed by atoms with van der Waals surface area (Å²) in [5.41, 5.74) is 6.95. The molecule has 1 aromatic carbocycles. The van der Waals surface area contributed by atoms with Gasteiger partial charge >= 0.3 is 0 Å². The second kappa shape index (κ2) is 5.50. The molecule has 0 aromatic heterocycles. The molecule has 0 aliphatic rings. The highest BCUT2D eigenvalue weighted by Crippen LogP contribution is 2.24. The minimum atomic E-state index is 0.0213. The largest absolute Gasteiger partial charge is 0.490 e. The van der Waals surface area contributed by atoms with E-state index in [9.17, 15) is 0 Å². The van der Waals surface area contributed by atoms with Crippen LogP contribution in [0.25, 0.3) is 0 Å². The first kappa shape index (κ1) is 14.0. The van der Waals surface area contributed by atoms with Gasteiger partial charge in [-0.15, -0.1) is 0 Å². The number of ether oxygens (including phenoxy) is 1. The van der Waals surface area contributed by atoms with Crippen LogP contribution < -0.4 is 10.5 Å². The van der Waals surface area contributed by atoms with Crippen LogP contribution in [0.3, 0.4) is 0 Å². The first-order chi connectivity index (χ1) is 7.79. The van der Waals surface area contributed by atoms with Crippen LogP contribution in [0.2, 0.25) is 0 Å². The van der Waals surface area contributed by atoms with Crippen molar-refractivity contribution in [1.29, 1.82) is 0 Å². The van der Waals surface area contributed by atoms with Crippen LogP contribution in [0.1, 0.15) is 39.7 Å². The molecule has 1 rings (SSSR count). The van der Waals surface area contributed by atoms with Crippen molar-refractivity contribution in [2.45, 2.75) is 45.6 Å². The normalized spacial score (nSPS) is 13.2. The molecule has 0 aliphatic heterocycles. The van der Waals surface area contributed by atoms with Crippen molar-refractivity contribution in [2.75, 3.05) is 0 Å². The number of thiocarbonyl (C=S) groups is 1. The van der Waals surface area contributed by atoms with E-state index in [0.29, 0.717) is 11.4 Å². The Kier molecular flexibility index (Phi) is 4.52. The molecule has 2 nitrogen and oxygen atoms in total. The van der Waals surface area contributed by atoms with E-state index >= 15 is 0 Å². The molecular weight excluding hydrogens is 230 g/mol. The van der Waals surface area contributed by atoms with Crippen LogP contribution in [-0.4, -0.2) is 11.1 Å². The van der Waals surface area contributed by atoms with E-state index in [2.05, 4.69) is 32.9 Å². The fourth-order valence-electron chi connectivity index (χ4n) is 1.59. The lowest BCUT2D eigenvalue weighted by Crippen LogP contribution is -2.20. The maximum Gasteiger partial charge on any atom is 0.119 e. The maximum atomic E-state index is 5.73. The van der Waals surface area contributed by atoms with Crippen LogP contribution in [0.15, 0.2) is 24.3 Å². The molecule has 3 heteroatoms. The number of rotatable bonds is 4. The third-order valence-corrected chi connectivity index (χ3v) is 2.71. The fraction of sp³-hybridized carbons (Fsp3) is 0.500. The van der Waals surface area contributed by atoms with E-state index in [0.717, 1.165) is 5.75 Å². The molecule has 0 spiro atoms. The minimum Gasteiger partial charge on any atom is -0.490 e. The molecule has 0 amide bonds. The zero-order valence-electron chi connectivity index (χ0n) is 11.0. The lowest BCUT2D eigenvalue weighted by Gasteiger charge is -2.20. The van der Waals surface area contributed by atoms with E-state index < -0.39 is 0 Å². The Morgan fingerprint density at radius 2 is 1.82 bits per heavy atom. The highest BCUT2D eigenvalue weighted by molar-refractivity contribution is 7.80. The molecule has 0 radical (unpaired) electrons. The average molecular weight is 251 g/mol. The van der Waals surface area contributed by atoms with Gasteiger partial charge < -0.3 is 10.5 Å². The smallest absolute Gasteiger partial charge is 0.119 e. The molecule has 0 heterocycles. The van der Waals surface area contributed by atoms with Gasteiger partial charge in [-0.05, 0) is 30.0 Å². The summed E-state index contributed by atoms with van der Waals surface area (Å²) >= 11 is 4.86. The van der Waals surface area contributed by atoms with Crippen molar-refractivity contribution in [3.05, 3.63) is 29.8 Å². The topological polar surface area (TPSA) is 35.2 Å². The van der Waals surface area contributed by atoms with E-state index in [1.54, 1.807) is 0 Å². The standard InChI is InChI=1S/C14H21NOS/c1-10(9-13(15)17)16-12-7-5-11(6-8-12)14(2,3)4/h5-8,10H,9H2,1-4H3,(H2,15,17). The first-order valence-electron chi connectivity index (χ1n) is 5.84.